The molecule has 0 saturated carbocycles. The first-order valence-corrected chi connectivity index (χ1v) is 10.9. The highest BCUT2D eigenvalue weighted by Gasteiger charge is 2.25. The maximum atomic E-state index is 12.7. The number of carbonyl (C=O) groups excluding carboxylic acids is 1. The molecule has 152 valence electrons. The third-order valence-electron chi connectivity index (χ3n) is 3.64. The fourth-order valence-corrected chi connectivity index (χ4v) is 4.06. The van der Waals surface area contributed by atoms with Crippen LogP contribution in [0.1, 0.15) is 20.8 Å². The monoisotopic (exact) mass is 432 g/mol. The first-order valence-electron chi connectivity index (χ1n) is 8.65. The van der Waals surface area contributed by atoms with Crippen molar-refractivity contribution >= 4 is 38.1 Å². The molecule has 0 unspecified atom stereocenters. The maximum absolute atomic E-state index is 12.7. The van der Waals surface area contributed by atoms with Gasteiger partial charge in [0.05, 0.1) is 5.69 Å². The standard InChI is InChI=1S/C19H20N4O4S2/c1-19(2,3)16(24)20-17-21-22-18(28-17)29(25,26)23-14-11-7-8-12-15(14)27-13-9-5-4-6-10-13/h4-12,23H,1-3H3,(H,20,21,24). The molecular formula is C19H20N4O4S2. The van der Waals surface area contributed by atoms with Crippen LogP contribution in [0.4, 0.5) is 10.8 Å². The Kier molecular flexibility index (Phi) is 5.85. The molecule has 0 saturated heterocycles. The Hall–Kier alpha value is -2.98. The van der Waals surface area contributed by atoms with E-state index in [9.17, 15) is 13.2 Å². The van der Waals surface area contributed by atoms with E-state index in [-0.39, 0.29) is 21.1 Å². The zero-order valence-electron chi connectivity index (χ0n) is 16.0. The summed E-state index contributed by atoms with van der Waals surface area (Å²) in [5.41, 5.74) is -0.386. The van der Waals surface area contributed by atoms with Gasteiger partial charge in [-0.15, -0.1) is 10.2 Å². The van der Waals surface area contributed by atoms with Gasteiger partial charge in [-0.3, -0.25) is 9.52 Å². The van der Waals surface area contributed by atoms with E-state index in [1.165, 1.54) is 0 Å². The van der Waals surface area contributed by atoms with Crippen LogP contribution < -0.4 is 14.8 Å². The molecule has 10 heteroatoms. The number of anilines is 2. The summed E-state index contributed by atoms with van der Waals surface area (Å²) in [5.74, 6) is 0.627. The van der Waals surface area contributed by atoms with Gasteiger partial charge in [0.1, 0.15) is 5.75 Å². The Labute approximate surface area is 173 Å². The van der Waals surface area contributed by atoms with Crippen LogP contribution in [0.25, 0.3) is 0 Å². The van der Waals surface area contributed by atoms with Crippen molar-refractivity contribution in [3.8, 4) is 11.5 Å². The second-order valence-corrected chi connectivity index (χ2v) is 9.93. The second-order valence-electron chi connectivity index (χ2n) is 7.09. The van der Waals surface area contributed by atoms with Crippen molar-refractivity contribution in [3.63, 3.8) is 0 Å². The molecule has 2 N–H and O–H groups in total. The molecule has 0 aliphatic rings. The normalized spacial score (nSPS) is 11.7. The summed E-state index contributed by atoms with van der Waals surface area (Å²) in [6.45, 7) is 5.23. The quantitative estimate of drug-likeness (QED) is 0.567. The van der Waals surface area contributed by atoms with Crippen LogP contribution in [-0.2, 0) is 14.8 Å². The second kappa shape index (κ2) is 8.18. The van der Waals surface area contributed by atoms with Gasteiger partial charge in [-0.25, -0.2) is 0 Å². The number of amides is 1. The minimum atomic E-state index is -4.01. The van der Waals surface area contributed by atoms with Gasteiger partial charge in [0.2, 0.25) is 11.0 Å². The van der Waals surface area contributed by atoms with Crippen LogP contribution in [0.2, 0.25) is 0 Å². The zero-order valence-corrected chi connectivity index (χ0v) is 17.7. The number of hydrogen-bond donors (Lipinski definition) is 2. The van der Waals surface area contributed by atoms with E-state index in [2.05, 4.69) is 20.2 Å². The highest BCUT2D eigenvalue weighted by atomic mass is 32.2. The van der Waals surface area contributed by atoms with Crippen LogP contribution in [0.5, 0.6) is 11.5 Å². The average molecular weight is 433 g/mol. The molecule has 0 aliphatic carbocycles. The van der Waals surface area contributed by atoms with Crippen molar-refractivity contribution in [1.29, 1.82) is 0 Å². The van der Waals surface area contributed by atoms with Gasteiger partial charge in [-0.05, 0) is 24.3 Å². The minimum Gasteiger partial charge on any atom is -0.455 e. The third kappa shape index (κ3) is 5.30. The number of rotatable bonds is 6. The van der Waals surface area contributed by atoms with Gasteiger partial charge < -0.3 is 10.1 Å². The SMILES string of the molecule is CC(C)(C)C(=O)Nc1nnc(S(=O)(=O)Nc2ccccc2Oc2ccccc2)s1. The van der Waals surface area contributed by atoms with Crippen molar-refractivity contribution in [2.45, 2.75) is 25.1 Å². The smallest absolute Gasteiger partial charge is 0.291 e. The highest BCUT2D eigenvalue weighted by Crippen LogP contribution is 2.32. The highest BCUT2D eigenvalue weighted by molar-refractivity contribution is 7.94. The number of hydrogen-bond acceptors (Lipinski definition) is 7. The van der Waals surface area contributed by atoms with Crippen LogP contribution in [0.3, 0.4) is 0 Å². The molecular weight excluding hydrogens is 412 g/mol. The van der Waals surface area contributed by atoms with Crippen molar-refractivity contribution in [2.24, 2.45) is 5.41 Å². The zero-order chi connectivity index (χ0) is 21.1. The lowest BCUT2D eigenvalue weighted by Gasteiger charge is -2.15. The lowest BCUT2D eigenvalue weighted by atomic mass is 9.96. The minimum absolute atomic E-state index is 0.110. The van der Waals surface area contributed by atoms with E-state index in [1.54, 1.807) is 57.2 Å². The number of carbonyl (C=O) groups is 1. The molecule has 0 radical (unpaired) electrons. The number of benzene rings is 2. The van der Waals surface area contributed by atoms with Crippen molar-refractivity contribution in [2.75, 3.05) is 10.0 Å². The molecule has 0 spiro atoms. The summed E-state index contributed by atoms with van der Waals surface area (Å²) < 4.78 is 33.4. The third-order valence-corrected chi connectivity index (χ3v) is 6.21. The molecule has 8 nitrogen and oxygen atoms in total. The Balaban J connectivity index is 1.79. The summed E-state index contributed by atoms with van der Waals surface area (Å²) >= 11 is 0.768. The van der Waals surface area contributed by atoms with Gasteiger partial charge in [-0.2, -0.15) is 8.42 Å². The Morgan fingerprint density at radius 3 is 2.34 bits per heavy atom. The fourth-order valence-electron chi connectivity index (χ4n) is 2.10. The van der Waals surface area contributed by atoms with Crippen LogP contribution >= 0.6 is 11.3 Å². The Bertz CT molecular complexity index is 1110. The molecule has 1 aromatic heterocycles. The van der Waals surface area contributed by atoms with E-state index in [0.29, 0.717) is 11.5 Å². The summed E-state index contributed by atoms with van der Waals surface area (Å²) in [7, 11) is -4.01. The molecule has 1 amide bonds. The molecule has 29 heavy (non-hydrogen) atoms. The van der Waals surface area contributed by atoms with Gasteiger partial charge in [0.15, 0.2) is 5.75 Å². The summed E-state index contributed by atoms with van der Waals surface area (Å²) in [4.78, 5) is 12.0. The Morgan fingerprint density at radius 1 is 1.00 bits per heavy atom. The number of nitrogens with one attached hydrogen (secondary N) is 2. The lowest BCUT2D eigenvalue weighted by Crippen LogP contribution is -2.27. The Morgan fingerprint density at radius 2 is 1.66 bits per heavy atom. The molecule has 3 aromatic rings. The fraction of sp³-hybridized carbons (Fsp3) is 0.211. The molecule has 2 aromatic carbocycles. The van der Waals surface area contributed by atoms with Crippen LogP contribution in [0, 0.1) is 5.41 Å². The summed E-state index contributed by atoms with van der Waals surface area (Å²) in [5, 5.41) is 10.1. The van der Waals surface area contributed by atoms with Crippen LogP contribution in [-0.4, -0.2) is 24.5 Å². The first kappa shape index (κ1) is 20.7. The van der Waals surface area contributed by atoms with Crippen LogP contribution in [0.15, 0.2) is 58.9 Å². The van der Waals surface area contributed by atoms with E-state index in [4.69, 9.17) is 4.74 Å². The molecule has 0 aliphatic heterocycles. The van der Waals surface area contributed by atoms with E-state index in [0.717, 1.165) is 11.3 Å². The predicted molar refractivity (Wildman–Crippen MR) is 112 cm³/mol. The van der Waals surface area contributed by atoms with Gasteiger partial charge in [0.25, 0.3) is 14.4 Å². The molecule has 3 rings (SSSR count). The van der Waals surface area contributed by atoms with E-state index >= 15 is 0 Å². The molecule has 0 bridgehead atoms. The van der Waals surface area contributed by atoms with Crippen molar-refractivity contribution in [1.82, 2.24) is 10.2 Å². The average Bonchev–Trinajstić information content (AvgIpc) is 3.13. The van der Waals surface area contributed by atoms with Gasteiger partial charge in [0, 0.05) is 5.41 Å². The molecule has 1 heterocycles. The number of sulfonamides is 1. The largest absolute Gasteiger partial charge is 0.455 e. The van der Waals surface area contributed by atoms with Gasteiger partial charge >= 0.3 is 0 Å². The topological polar surface area (TPSA) is 110 Å². The predicted octanol–water partition coefficient (Wildman–Crippen LogP) is 4.12. The first-order chi connectivity index (χ1) is 13.6. The maximum Gasteiger partial charge on any atom is 0.291 e. The molecule has 0 atom stereocenters. The number of para-hydroxylation sites is 3. The summed E-state index contributed by atoms with van der Waals surface area (Å²) in [6.07, 6.45) is 0. The van der Waals surface area contributed by atoms with E-state index < -0.39 is 15.4 Å². The molecule has 0 fully saturated rings. The number of aromatic nitrogens is 2. The number of ether oxygens (including phenoxy) is 1. The number of nitrogens with zero attached hydrogens (tertiary/aromatic N) is 2. The van der Waals surface area contributed by atoms with Crippen molar-refractivity contribution in [3.05, 3.63) is 54.6 Å². The van der Waals surface area contributed by atoms with E-state index in [1.807, 2.05) is 18.2 Å². The lowest BCUT2D eigenvalue weighted by molar-refractivity contribution is -0.123. The van der Waals surface area contributed by atoms with Crippen molar-refractivity contribution < 1.29 is 17.9 Å². The summed E-state index contributed by atoms with van der Waals surface area (Å²) in [6, 6.07) is 15.7. The van der Waals surface area contributed by atoms with Gasteiger partial charge in [-0.1, -0.05) is 62.4 Å².